The number of nitrogens with two attached hydrogens (primary N) is 1. The minimum Gasteiger partial charge on any atom is -0.409 e. The molecule has 0 aliphatic rings. The Hall–Kier alpha value is -1.51. The molecular weight excluding hydrogens is 277 g/mol. The molecule has 0 rings (SSSR count). The van der Waals surface area contributed by atoms with E-state index >= 15 is 0 Å². The Balaban J connectivity index is 4.05. The summed E-state index contributed by atoms with van der Waals surface area (Å²) in [5, 5.41) is 15.8. The maximum atomic E-state index is 12.6. The third kappa shape index (κ3) is 7.82. The minimum atomic E-state index is -4.61. The van der Waals surface area contributed by atoms with Crippen LogP contribution in [0.15, 0.2) is 5.16 Å². The highest BCUT2D eigenvalue weighted by Gasteiger charge is 2.42. The maximum absolute atomic E-state index is 12.6. The normalized spacial score (nSPS) is 14.4. The van der Waals surface area contributed by atoms with Crippen molar-refractivity contribution in [3.05, 3.63) is 0 Å². The second kappa shape index (κ2) is 8.62. The number of hydrogen-bond acceptors (Lipinski definition) is 4. The summed E-state index contributed by atoms with van der Waals surface area (Å²) >= 11 is 0. The zero-order valence-corrected chi connectivity index (χ0v) is 11.5. The molecule has 1 unspecified atom stereocenters. The molecule has 0 saturated carbocycles. The van der Waals surface area contributed by atoms with Gasteiger partial charge in [-0.05, 0) is 5.92 Å². The van der Waals surface area contributed by atoms with Crippen LogP contribution in [0.2, 0.25) is 0 Å². The van der Waals surface area contributed by atoms with Crippen molar-refractivity contribution >= 4 is 11.7 Å². The summed E-state index contributed by atoms with van der Waals surface area (Å²) in [6.45, 7) is 3.92. The molecule has 5 N–H and O–H groups in total. The molecule has 1 atom stereocenters. The van der Waals surface area contributed by atoms with Crippen molar-refractivity contribution in [2.45, 2.75) is 26.4 Å². The van der Waals surface area contributed by atoms with Gasteiger partial charge in [0.15, 0.2) is 5.84 Å². The van der Waals surface area contributed by atoms with Crippen LogP contribution in [0.1, 0.15) is 20.3 Å². The van der Waals surface area contributed by atoms with E-state index in [2.05, 4.69) is 15.8 Å². The number of amides is 1. The Bertz CT molecular complexity index is 332. The van der Waals surface area contributed by atoms with Crippen molar-refractivity contribution in [1.82, 2.24) is 10.6 Å². The molecule has 6 nitrogen and oxygen atoms in total. The second-order valence-electron chi connectivity index (χ2n) is 4.77. The fourth-order valence-corrected chi connectivity index (χ4v) is 1.31. The Labute approximate surface area is 115 Å². The first-order valence-electron chi connectivity index (χ1n) is 6.20. The molecule has 0 aliphatic heterocycles. The van der Waals surface area contributed by atoms with Crippen molar-refractivity contribution in [1.29, 1.82) is 0 Å². The lowest BCUT2D eigenvalue weighted by Gasteiger charge is -2.19. The highest BCUT2D eigenvalue weighted by molar-refractivity contribution is 5.83. The summed E-state index contributed by atoms with van der Waals surface area (Å²) < 4.78 is 37.7. The largest absolute Gasteiger partial charge is 0.409 e. The molecule has 0 aromatic carbocycles. The quantitative estimate of drug-likeness (QED) is 0.174. The van der Waals surface area contributed by atoms with Gasteiger partial charge in [-0.1, -0.05) is 19.0 Å². The molecule has 118 valence electrons. The Morgan fingerprint density at radius 2 is 1.95 bits per heavy atom. The molecule has 0 saturated heterocycles. The number of alkyl halides is 3. The van der Waals surface area contributed by atoms with Gasteiger partial charge in [-0.2, -0.15) is 13.2 Å². The van der Waals surface area contributed by atoms with E-state index in [0.717, 1.165) is 0 Å². The van der Waals surface area contributed by atoms with E-state index in [-0.39, 0.29) is 18.9 Å². The standard InChI is InChI=1S/C11H21F3N4O2/c1-7(2)5-17-9(19)3-4-16-6-8(10(15)18-20)11(12,13)14/h7-8,16,20H,3-6H2,1-2H3,(H2,15,18)(H,17,19). The smallest absolute Gasteiger partial charge is 0.400 e. The fourth-order valence-electron chi connectivity index (χ4n) is 1.31. The third-order valence-electron chi connectivity index (χ3n) is 2.45. The van der Waals surface area contributed by atoms with E-state index in [0.29, 0.717) is 12.5 Å². The lowest BCUT2D eigenvalue weighted by atomic mass is 10.1. The third-order valence-corrected chi connectivity index (χ3v) is 2.45. The number of oxime groups is 1. The summed E-state index contributed by atoms with van der Waals surface area (Å²) in [6, 6.07) is 0. The highest BCUT2D eigenvalue weighted by atomic mass is 19.4. The molecule has 0 heterocycles. The van der Waals surface area contributed by atoms with Crippen LogP contribution in [0.5, 0.6) is 0 Å². The molecule has 0 aromatic rings. The van der Waals surface area contributed by atoms with E-state index in [9.17, 15) is 18.0 Å². The van der Waals surface area contributed by atoms with Crippen LogP contribution in [0, 0.1) is 11.8 Å². The van der Waals surface area contributed by atoms with E-state index in [1.165, 1.54) is 0 Å². The van der Waals surface area contributed by atoms with Crippen molar-refractivity contribution in [2.24, 2.45) is 22.7 Å². The monoisotopic (exact) mass is 298 g/mol. The maximum Gasteiger partial charge on any atom is 0.400 e. The van der Waals surface area contributed by atoms with Crippen LogP contribution in [-0.2, 0) is 4.79 Å². The predicted molar refractivity (Wildman–Crippen MR) is 68.3 cm³/mol. The molecule has 0 fully saturated rings. The van der Waals surface area contributed by atoms with E-state index in [4.69, 9.17) is 10.9 Å². The molecule has 0 aliphatic carbocycles. The van der Waals surface area contributed by atoms with Gasteiger partial charge in [0.25, 0.3) is 0 Å². The number of nitrogens with zero attached hydrogens (tertiary/aromatic N) is 1. The van der Waals surface area contributed by atoms with Crippen LogP contribution < -0.4 is 16.4 Å². The summed E-state index contributed by atoms with van der Waals surface area (Å²) in [6.07, 6.45) is -4.54. The molecular formula is C11H21F3N4O2. The van der Waals surface area contributed by atoms with Gasteiger partial charge in [-0.15, -0.1) is 0 Å². The van der Waals surface area contributed by atoms with E-state index < -0.39 is 24.5 Å². The molecule has 0 aromatic heterocycles. The van der Waals surface area contributed by atoms with Crippen molar-refractivity contribution in [3.63, 3.8) is 0 Å². The van der Waals surface area contributed by atoms with Crippen molar-refractivity contribution in [3.8, 4) is 0 Å². The Morgan fingerprint density at radius 3 is 2.40 bits per heavy atom. The van der Waals surface area contributed by atoms with Gasteiger partial charge in [-0.25, -0.2) is 0 Å². The van der Waals surface area contributed by atoms with Crippen LogP contribution in [0.3, 0.4) is 0 Å². The van der Waals surface area contributed by atoms with Gasteiger partial charge < -0.3 is 21.6 Å². The second-order valence-corrected chi connectivity index (χ2v) is 4.77. The van der Waals surface area contributed by atoms with Crippen molar-refractivity contribution in [2.75, 3.05) is 19.6 Å². The fraction of sp³-hybridized carbons (Fsp3) is 0.818. The molecule has 9 heteroatoms. The first kappa shape index (κ1) is 18.5. The number of amidine groups is 1. The first-order valence-corrected chi connectivity index (χ1v) is 6.20. The lowest BCUT2D eigenvalue weighted by Crippen LogP contribution is -2.43. The van der Waals surface area contributed by atoms with E-state index in [1.807, 2.05) is 13.8 Å². The SMILES string of the molecule is CC(C)CNC(=O)CCNCC(C(N)=NO)C(F)(F)F. The molecule has 0 bridgehead atoms. The average molecular weight is 298 g/mol. The van der Waals surface area contributed by atoms with Crippen LogP contribution in [0.4, 0.5) is 13.2 Å². The van der Waals surface area contributed by atoms with Gasteiger partial charge in [-0.3, -0.25) is 4.79 Å². The number of hydrogen-bond donors (Lipinski definition) is 4. The molecule has 0 spiro atoms. The minimum absolute atomic E-state index is 0.0630. The number of halogens is 3. The number of carbonyl (C=O) groups excluding carboxylic acids is 1. The van der Waals surface area contributed by atoms with Crippen molar-refractivity contribution < 1.29 is 23.2 Å². The zero-order chi connectivity index (χ0) is 15.8. The van der Waals surface area contributed by atoms with Gasteiger partial charge >= 0.3 is 6.18 Å². The van der Waals surface area contributed by atoms with Gasteiger partial charge in [0.05, 0.1) is 0 Å². The summed E-state index contributed by atoms with van der Waals surface area (Å²) in [5.74, 6) is -2.92. The summed E-state index contributed by atoms with van der Waals surface area (Å²) in [4.78, 5) is 11.3. The molecule has 0 radical (unpaired) electrons. The van der Waals surface area contributed by atoms with E-state index in [1.54, 1.807) is 0 Å². The highest BCUT2D eigenvalue weighted by Crippen LogP contribution is 2.25. The van der Waals surface area contributed by atoms with Gasteiger partial charge in [0.1, 0.15) is 5.92 Å². The number of rotatable bonds is 8. The Kier molecular flexibility index (Phi) is 7.97. The summed E-state index contributed by atoms with van der Waals surface area (Å²) in [7, 11) is 0. The number of carbonyl (C=O) groups is 1. The predicted octanol–water partition coefficient (Wildman–Crippen LogP) is 0.663. The molecule has 20 heavy (non-hydrogen) atoms. The lowest BCUT2D eigenvalue weighted by molar-refractivity contribution is -0.154. The zero-order valence-electron chi connectivity index (χ0n) is 11.5. The van der Waals surface area contributed by atoms with Gasteiger partial charge in [0.2, 0.25) is 5.91 Å². The van der Waals surface area contributed by atoms with Crippen LogP contribution >= 0.6 is 0 Å². The summed E-state index contributed by atoms with van der Waals surface area (Å²) in [5.41, 5.74) is 4.99. The molecule has 1 amide bonds. The van der Waals surface area contributed by atoms with Gasteiger partial charge in [0, 0.05) is 26.1 Å². The van der Waals surface area contributed by atoms with Crippen LogP contribution in [-0.4, -0.2) is 42.8 Å². The topological polar surface area (TPSA) is 99.7 Å². The average Bonchev–Trinajstić information content (AvgIpc) is 2.33. The first-order chi connectivity index (χ1) is 9.18. The number of nitrogens with one attached hydrogen (secondary N) is 2. The Morgan fingerprint density at radius 1 is 1.35 bits per heavy atom. The van der Waals surface area contributed by atoms with Crippen LogP contribution in [0.25, 0.3) is 0 Å².